The van der Waals surface area contributed by atoms with Crippen molar-refractivity contribution in [3.8, 4) is 22.8 Å². The molecule has 0 bridgehead atoms. The van der Waals surface area contributed by atoms with Crippen LogP contribution in [-0.2, 0) is 4.79 Å². The van der Waals surface area contributed by atoms with E-state index in [2.05, 4.69) is 4.98 Å². The number of amides is 2. The fourth-order valence-corrected chi connectivity index (χ4v) is 5.28. The van der Waals surface area contributed by atoms with Crippen molar-refractivity contribution in [1.29, 1.82) is 0 Å². The van der Waals surface area contributed by atoms with E-state index < -0.39 is 0 Å². The molecule has 200 valence electrons. The summed E-state index contributed by atoms with van der Waals surface area (Å²) in [5.74, 6) is 0.943. The third kappa shape index (κ3) is 6.06. The summed E-state index contributed by atoms with van der Waals surface area (Å²) in [6.45, 7) is 4.52. The largest absolute Gasteiger partial charge is 0.497 e. The highest BCUT2D eigenvalue weighted by Gasteiger charge is 2.35. The standard InChI is InChI=1S/C29H39N3O5/c1-19-16-32(20(2)18-33)29(35)25-14-23(21-10-12-24(36-4)13-11-21)15-30-27(25)37-26(19)17-31(3)28(34)22-8-6-5-7-9-22/h10-15,19-20,22,26,33H,5-9,16-18H2,1-4H3/t19-,20+,26+/m0/s1. The van der Waals surface area contributed by atoms with Crippen LogP contribution in [0.2, 0.25) is 0 Å². The summed E-state index contributed by atoms with van der Waals surface area (Å²) in [4.78, 5) is 34.9. The van der Waals surface area contributed by atoms with E-state index in [9.17, 15) is 14.7 Å². The van der Waals surface area contributed by atoms with Gasteiger partial charge in [0.15, 0.2) is 0 Å². The topological polar surface area (TPSA) is 92.2 Å². The van der Waals surface area contributed by atoms with Crippen molar-refractivity contribution in [1.82, 2.24) is 14.8 Å². The zero-order valence-corrected chi connectivity index (χ0v) is 22.4. The van der Waals surface area contributed by atoms with Gasteiger partial charge in [-0.1, -0.05) is 38.3 Å². The zero-order chi connectivity index (χ0) is 26.5. The molecule has 4 rings (SSSR count). The highest BCUT2D eigenvalue weighted by atomic mass is 16.5. The average Bonchev–Trinajstić information content (AvgIpc) is 2.94. The minimum atomic E-state index is -0.368. The van der Waals surface area contributed by atoms with Crippen molar-refractivity contribution in [2.45, 2.75) is 58.1 Å². The molecule has 1 aromatic carbocycles. The van der Waals surface area contributed by atoms with Crippen LogP contribution >= 0.6 is 0 Å². The molecule has 3 atom stereocenters. The Bertz CT molecular complexity index is 1080. The van der Waals surface area contributed by atoms with Gasteiger partial charge < -0.3 is 24.4 Å². The van der Waals surface area contributed by atoms with Crippen molar-refractivity contribution < 1.29 is 24.2 Å². The number of benzene rings is 1. The van der Waals surface area contributed by atoms with Gasteiger partial charge in [-0.25, -0.2) is 4.98 Å². The first kappa shape index (κ1) is 26.9. The van der Waals surface area contributed by atoms with Gasteiger partial charge in [-0.2, -0.15) is 0 Å². The number of ether oxygens (including phenoxy) is 2. The molecular formula is C29H39N3O5. The molecule has 1 N–H and O–H groups in total. The predicted octanol–water partition coefficient (Wildman–Crippen LogP) is 4.02. The number of hydrogen-bond acceptors (Lipinski definition) is 6. The Balaban J connectivity index is 1.64. The van der Waals surface area contributed by atoms with Crippen molar-refractivity contribution in [3.05, 3.63) is 42.1 Å². The van der Waals surface area contributed by atoms with Crippen molar-refractivity contribution >= 4 is 11.8 Å². The molecule has 8 heteroatoms. The number of carbonyl (C=O) groups is 2. The van der Waals surface area contributed by atoms with Crippen LogP contribution in [0.3, 0.4) is 0 Å². The molecule has 2 aromatic rings. The molecule has 0 saturated heterocycles. The van der Waals surface area contributed by atoms with Crippen LogP contribution in [0.15, 0.2) is 36.5 Å². The monoisotopic (exact) mass is 509 g/mol. The number of hydrogen-bond donors (Lipinski definition) is 1. The molecule has 1 aliphatic carbocycles. The van der Waals surface area contributed by atoms with E-state index in [1.54, 1.807) is 29.2 Å². The number of nitrogens with zero attached hydrogens (tertiary/aromatic N) is 3. The summed E-state index contributed by atoms with van der Waals surface area (Å²) in [6.07, 6.45) is 6.64. The van der Waals surface area contributed by atoms with Crippen LogP contribution in [0.25, 0.3) is 11.1 Å². The molecule has 1 aromatic heterocycles. The molecular weight excluding hydrogens is 470 g/mol. The minimum Gasteiger partial charge on any atom is -0.497 e. The fraction of sp³-hybridized carbons (Fsp3) is 0.552. The van der Waals surface area contributed by atoms with Gasteiger partial charge >= 0.3 is 0 Å². The first-order chi connectivity index (χ1) is 17.8. The summed E-state index contributed by atoms with van der Waals surface area (Å²) in [7, 11) is 3.46. The summed E-state index contributed by atoms with van der Waals surface area (Å²) >= 11 is 0. The van der Waals surface area contributed by atoms with E-state index in [1.165, 1.54) is 6.42 Å². The molecule has 2 heterocycles. The van der Waals surface area contributed by atoms with E-state index in [0.29, 0.717) is 18.7 Å². The third-order valence-corrected chi connectivity index (χ3v) is 7.73. The maximum atomic E-state index is 13.7. The van der Waals surface area contributed by atoms with Gasteiger partial charge in [-0.15, -0.1) is 0 Å². The van der Waals surface area contributed by atoms with Crippen molar-refractivity contribution in [2.75, 3.05) is 33.9 Å². The van der Waals surface area contributed by atoms with Crippen LogP contribution in [0.1, 0.15) is 56.3 Å². The predicted molar refractivity (Wildman–Crippen MR) is 142 cm³/mol. The Morgan fingerprint density at radius 3 is 2.57 bits per heavy atom. The molecule has 1 fully saturated rings. The van der Waals surface area contributed by atoms with Crippen LogP contribution in [-0.4, -0.2) is 77.7 Å². The molecule has 0 radical (unpaired) electrons. The van der Waals surface area contributed by atoms with E-state index in [-0.39, 0.29) is 48.3 Å². The first-order valence-corrected chi connectivity index (χ1v) is 13.3. The Hall–Kier alpha value is -3.13. The SMILES string of the molecule is COc1ccc(-c2cnc3c(c2)C(=O)N([C@H](C)CO)C[C@H](C)[C@@H](CN(C)C(=O)C2CCCCC2)O3)cc1. The Morgan fingerprint density at radius 2 is 1.92 bits per heavy atom. The van der Waals surface area contributed by atoms with E-state index in [4.69, 9.17) is 9.47 Å². The average molecular weight is 510 g/mol. The van der Waals surface area contributed by atoms with Crippen LogP contribution < -0.4 is 9.47 Å². The lowest BCUT2D eigenvalue weighted by atomic mass is 9.88. The number of aromatic nitrogens is 1. The van der Waals surface area contributed by atoms with E-state index >= 15 is 0 Å². The fourth-order valence-electron chi connectivity index (χ4n) is 5.28. The van der Waals surface area contributed by atoms with Gasteiger partial charge in [0.1, 0.15) is 17.4 Å². The quantitative estimate of drug-likeness (QED) is 0.606. The number of pyridine rings is 1. The van der Waals surface area contributed by atoms with Crippen LogP contribution in [0.4, 0.5) is 0 Å². The number of likely N-dealkylation sites (N-methyl/N-ethyl adjacent to an activating group) is 1. The first-order valence-electron chi connectivity index (χ1n) is 13.3. The van der Waals surface area contributed by atoms with E-state index in [1.807, 2.05) is 45.2 Å². The highest BCUT2D eigenvalue weighted by Crippen LogP contribution is 2.31. The second kappa shape index (κ2) is 11.9. The van der Waals surface area contributed by atoms with Crippen LogP contribution in [0.5, 0.6) is 11.6 Å². The molecule has 37 heavy (non-hydrogen) atoms. The smallest absolute Gasteiger partial charge is 0.259 e. The number of aliphatic hydroxyl groups is 1. The van der Waals surface area contributed by atoms with Gasteiger partial charge in [0.2, 0.25) is 11.8 Å². The van der Waals surface area contributed by atoms with Gasteiger partial charge in [-0.3, -0.25) is 9.59 Å². The molecule has 1 aliphatic heterocycles. The summed E-state index contributed by atoms with van der Waals surface area (Å²) < 4.78 is 11.6. The summed E-state index contributed by atoms with van der Waals surface area (Å²) in [6, 6.07) is 8.99. The maximum Gasteiger partial charge on any atom is 0.259 e. The minimum absolute atomic E-state index is 0.0734. The number of fused-ring (bicyclic) bond motifs is 1. The molecule has 8 nitrogen and oxygen atoms in total. The van der Waals surface area contributed by atoms with Gasteiger partial charge in [0.05, 0.1) is 26.3 Å². The second-order valence-corrected chi connectivity index (χ2v) is 10.5. The number of rotatable bonds is 7. The summed E-state index contributed by atoms with van der Waals surface area (Å²) in [5.41, 5.74) is 2.03. The lowest BCUT2D eigenvalue weighted by Crippen LogP contribution is -2.51. The molecule has 0 unspecified atom stereocenters. The Morgan fingerprint density at radius 1 is 1.22 bits per heavy atom. The van der Waals surface area contributed by atoms with Crippen LogP contribution in [0, 0.1) is 11.8 Å². The van der Waals surface area contributed by atoms with E-state index in [0.717, 1.165) is 42.6 Å². The van der Waals surface area contributed by atoms with Gasteiger partial charge in [-0.05, 0) is 43.5 Å². The molecule has 2 amide bonds. The molecule has 0 spiro atoms. The normalized spacial score (nSPS) is 21.3. The third-order valence-electron chi connectivity index (χ3n) is 7.73. The van der Waals surface area contributed by atoms with Crippen molar-refractivity contribution in [2.24, 2.45) is 11.8 Å². The van der Waals surface area contributed by atoms with Gasteiger partial charge in [0, 0.05) is 37.2 Å². The molecule has 1 saturated carbocycles. The molecule has 2 aliphatic rings. The number of carbonyl (C=O) groups excluding carboxylic acids is 2. The van der Waals surface area contributed by atoms with Crippen molar-refractivity contribution in [3.63, 3.8) is 0 Å². The Kier molecular flexibility index (Phi) is 8.69. The van der Waals surface area contributed by atoms with Gasteiger partial charge in [0.25, 0.3) is 5.91 Å². The second-order valence-electron chi connectivity index (χ2n) is 10.5. The zero-order valence-electron chi connectivity index (χ0n) is 22.4. The highest BCUT2D eigenvalue weighted by molar-refractivity contribution is 5.98. The lowest BCUT2D eigenvalue weighted by molar-refractivity contribution is -0.136. The lowest BCUT2D eigenvalue weighted by Gasteiger charge is -2.38. The number of aliphatic hydroxyl groups excluding tert-OH is 1. The number of methoxy groups -OCH3 is 1. The maximum absolute atomic E-state index is 13.7. The summed E-state index contributed by atoms with van der Waals surface area (Å²) in [5, 5.41) is 9.91. The Labute approximate surface area is 219 Å².